The molecule has 0 saturated heterocycles. The van der Waals surface area contributed by atoms with Gasteiger partial charge in [0.05, 0.1) is 12.2 Å². The molecule has 2 aromatic rings. The normalized spacial score (nSPS) is 12.4. The quantitative estimate of drug-likeness (QED) is 0.849. The maximum absolute atomic E-state index is 4.29. The summed E-state index contributed by atoms with van der Waals surface area (Å²) in [5.41, 5.74) is 2.27. The molecule has 0 saturated carbocycles. The maximum Gasteiger partial charge on any atom is 0.0542 e. The molecule has 0 aliphatic heterocycles. The van der Waals surface area contributed by atoms with E-state index < -0.39 is 0 Å². The molecule has 96 valence electrons. The lowest BCUT2D eigenvalue weighted by molar-refractivity contribution is 0.658. The molecule has 3 nitrogen and oxygen atoms in total. The van der Waals surface area contributed by atoms with E-state index in [1.54, 1.807) is 0 Å². The van der Waals surface area contributed by atoms with E-state index >= 15 is 0 Å². The zero-order chi connectivity index (χ0) is 13.1. The largest absolute Gasteiger partial charge is 0.377 e. The molecule has 0 fully saturated rings. The number of rotatable bonds is 4. The third-order valence-electron chi connectivity index (χ3n) is 2.78. The summed E-state index contributed by atoms with van der Waals surface area (Å²) in [5, 5.41) is 7.76. The molecule has 18 heavy (non-hydrogen) atoms. The lowest BCUT2D eigenvalue weighted by atomic mass is 10.2. The van der Waals surface area contributed by atoms with Crippen LogP contribution < -0.4 is 5.32 Å². The van der Waals surface area contributed by atoms with Gasteiger partial charge in [-0.1, -0.05) is 15.9 Å². The first-order valence-corrected chi connectivity index (χ1v) is 7.42. The van der Waals surface area contributed by atoms with E-state index in [-0.39, 0.29) is 6.04 Å². The number of anilines is 1. The van der Waals surface area contributed by atoms with Crippen molar-refractivity contribution >= 4 is 37.5 Å². The average Bonchev–Trinajstić information content (AvgIpc) is 2.81. The van der Waals surface area contributed by atoms with Gasteiger partial charge in [-0.2, -0.15) is 5.10 Å². The van der Waals surface area contributed by atoms with Crippen molar-refractivity contribution in [3.8, 4) is 0 Å². The van der Waals surface area contributed by atoms with E-state index in [0.29, 0.717) is 0 Å². The van der Waals surface area contributed by atoms with Crippen molar-refractivity contribution in [2.75, 3.05) is 5.32 Å². The highest BCUT2D eigenvalue weighted by Gasteiger charge is 2.09. The number of hydrogen-bond donors (Lipinski definition) is 1. The number of aromatic nitrogens is 2. The van der Waals surface area contributed by atoms with Gasteiger partial charge in [0.2, 0.25) is 0 Å². The van der Waals surface area contributed by atoms with Gasteiger partial charge in [-0.3, -0.25) is 4.68 Å². The second-order valence-electron chi connectivity index (χ2n) is 4.12. The molecule has 0 amide bonds. The molecule has 1 unspecified atom stereocenters. The van der Waals surface area contributed by atoms with Crippen LogP contribution in [-0.2, 0) is 6.54 Å². The van der Waals surface area contributed by atoms with E-state index in [9.17, 15) is 0 Å². The first kappa shape index (κ1) is 13.6. The highest BCUT2D eigenvalue weighted by molar-refractivity contribution is 9.11. The summed E-state index contributed by atoms with van der Waals surface area (Å²) in [6, 6.07) is 6.33. The Hall–Kier alpha value is -0.810. The Balaban J connectivity index is 2.13. The molecule has 1 atom stereocenters. The fourth-order valence-corrected chi connectivity index (χ4v) is 2.86. The molecule has 1 aromatic heterocycles. The first-order valence-electron chi connectivity index (χ1n) is 5.84. The van der Waals surface area contributed by atoms with Gasteiger partial charge in [0.1, 0.15) is 0 Å². The predicted octanol–water partition coefficient (Wildman–Crippen LogP) is 4.60. The maximum atomic E-state index is 4.29. The highest BCUT2D eigenvalue weighted by atomic mass is 79.9. The summed E-state index contributed by atoms with van der Waals surface area (Å²) in [7, 11) is 0. The van der Waals surface area contributed by atoms with Crippen LogP contribution in [0.4, 0.5) is 5.69 Å². The van der Waals surface area contributed by atoms with E-state index in [0.717, 1.165) is 21.2 Å². The third-order valence-corrected chi connectivity index (χ3v) is 3.93. The predicted molar refractivity (Wildman–Crippen MR) is 81.8 cm³/mol. The minimum absolute atomic E-state index is 0.225. The van der Waals surface area contributed by atoms with E-state index in [1.807, 2.05) is 23.0 Å². The molecule has 2 rings (SSSR count). The summed E-state index contributed by atoms with van der Waals surface area (Å²) in [6.07, 6.45) is 3.98. The van der Waals surface area contributed by atoms with Crippen molar-refractivity contribution in [3.63, 3.8) is 0 Å². The van der Waals surface area contributed by atoms with Gasteiger partial charge in [-0.25, -0.2) is 0 Å². The average molecular weight is 373 g/mol. The van der Waals surface area contributed by atoms with Gasteiger partial charge < -0.3 is 5.32 Å². The monoisotopic (exact) mass is 371 g/mol. The fourth-order valence-electron chi connectivity index (χ4n) is 1.70. The molecular weight excluding hydrogens is 358 g/mol. The molecule has 0 spiro atoms. The number of benzene rings is 1. The van der Waals surface area contributed by atoms with Crippen LogP contribution in [0.15, 0.2) is 39.5 Å². The van der Waals surface area contributed by atoms with Crippen LogP contribution in [0.5, 0.6) is 0 Å². The van der Waals surface area contributed by atoms with Gasteiger partial charge >= 0.3 is 0 Å². The van der Waals surface area contributed by atoms with Gasteiger partial charge in [0.25, 0.3) is 0 Å². The van der Waals surface area contributed by atoms with Crippen molar-refractivity contribution in [2.45, 2.75) is 26.4 Å². The lowest BCUT2D eigenvalue weighted by Gasteiger charge is -2.15. The molecule has 1 aromatic carbocycles. The first-order chi connectivity index (χ1) is 8.60. The number of nitrogens with zero attached hydrogens (tertiary/aromatic N) is 2. The highest BCUT2D eigenvalue weighted by Crippen LogP contribution is 2.29. The molecule has 1 N–H and O–H groups in total. The van der Waals surface area contributed by atoms with Crippen molar-refractivity contribution in [1.82, 2.24) is 9.78 Å². The Labute approximate surface area is 124 Å². The Morgan fingerprint density at radius 1 is 1.39 bits per heavy atom. The van der Waals surface area contributed by atoms with Crippen molar-refractivity contribution in [1.29, 1.82) is 0 Å². The van der Waals surface area contributed by atoms with E-state index in [1.165, 1.54) is 5.56 Å². The molecule has 0 radical (unpaired) electrons. The molecule has 0 aliphatic carbocycles. The lowest BCUT2D eigenvalue weighted by Crippen LogP contribution is -2.06. The van der Waals surface area contributed by atoms with Crippen LogP contribution in [0.1, 0.15) is 25.5 Å². The zero-order valence-corrected chi connectivity index (χ0v) is 13.5. The van der Waals surface area contributed by atoms with Crippen LogP contribution in [0, 0.1) is 0 Å². The summed E-state index contributed by atoms with van der Waals surface area (Å²) in [5.74, 6) is 0. The van der Waals surface area contributed by atoms with E-state index in [2.05, 4.69) is 68.4 Å². The smallest absolute Gasteiger partial charge is 0.0542 e. The molecular formula is C13H15Br2N3. The second kappa shape index (κ2) is 5.89. The molecule has 0 bridgehead atoms. The summed E-state index contributed by atoms with van der Waals surface area (Å²) in [4.78, 5) is 0. The van der Waals surface area contributed by atoms with Crippen molar-refractivity contribution < 1.29 is 0 Å². The number of halogens is 2. The van der Waals surface area contributed by atoms with Crippen LogP contribution >= 0.6 is 31.9 Å². The minimum Gasteiger partial charge on any atom is -0.377 e. The summed E-state index contributed by atoms with van der Waals surface area (Å²) in [6.45, 7) is 5.11. The Morgan fingerprint density at radius 2 is 2.17 bits per heavy atom. The topological polar surface area (TPSA) is 29.9 Å². The Morgan fingerprint density at radius 3 is 2.78 bits per heavy atom. The molecule has 5 heteroatoms. The SMILES string of the molecule is CCn1cc(C(C)Nc2ccc(Br)cc2Br)cn1. The Kier molecular flexibility index (Phi) is 4.45. The number of aryl methyl sites for hydroxylation is 1. The van der Waals surface area contributed by atoms with Gasteiger partial charge in [-0.15, -0.1) is 0 Å². The summed E-state index contributed by atoms with van der Waals surface area (Å²) >= 11 is 7.00. The standard InChI is InChI=1S/C13H15Br2N3/c1-3-18-8-10(7-16-18)9(2)17-13-5-4-11(14)6-12(13)15/h4-9,17H,3H2,1-2H3. The number of hydrogen-bond acceptors (Lipinski definition) is 2. The van der Waals surface area contributed by atoms with Crippen molar-refractivity contribution in [2.24, 2.45) is 0 Å². The summed E-state index contributed by atoms with van der Waals surface area (Å²) < 4.78 is 4.04. The van der Waals surface area contributed by atoms with Crippen LogP contribution in [0.2, 0.25) is 0 Å². The minimum atomic E-state index is 0.225. The Bertz CT molecular complexity index is 537. The zero-order valence-electron chi connectivity index (χ0n) is 10.3. The van der Waals surface area contributed by atoms with Crippen LogP contribution in [0.3, 0.4) is 0 Å². The van der Waals surface area contributed by atoms with Crippen LogP contribution in [-0.4, -0.2) is 9.78 Å². The van der Waals surface area contributed by atoms with Crippen molar-refractivity contribution in [3.05, 3.63) is 45.1 Å². The molecule has 1 heterocycles. The van der Waals surface area contributed by atoms with Crippen LogP contribution in [0.25, 0.3) is 0 Å². The molecule has 0 aliphatic rings. The van der Waals surface area contributed by atoms with Gasteiger partial charge in [0, 0.05) is 32.9 Å². The second-order valence-corrected chi connectivity index (χ2v) is 5.89. The van der Waals surface area contributed by atoms with E-state index in [4.69, 9.17) is 0 Å². The van der Waals surface area contributed by atoms with Gasteiger partial charge in [-0.05, 0) is 48.0 Å². The third kappa shape index (κ3) is 3.14. The van der Waals surface area contributed by atoms with Gasteiger partial charge in [0.15, 0.2) is 0 Å². The fraction of sp³-hybridized carbons (Fsp3) is 0.308. The number of nitrogens with one attached hydrogen (secondary N) is 1.